The third-order valence-electron chi connectivity index (χ3n) is 2.31. The molecule has 1 unspecified atom stereocenters. The van der Waals surface area contributed by atoms with E-state index in [4.69, 9.17) is 0 Å². The van der Waals surface area contributed by atoms with E-state index in [-0.39, 0.29) is 10.2 Å². The smallest absolute Gasteiger partial charge is 0.421 e. The third kappa shape index (κ3) is 2.40. The van der Waals surface area contributed by atoms with E-state index < -0.39 is 23.2 Å². The first-order chi connectivity index (χ1) is 7.63. The lowest BCUT2D eigenvalue weighted by molar-refractivity contribution is -0.260. The number of aliphatic hydroxyl groups is 1. The number of rotatable bonds is 2. The van der Waals surface area contributed by atoms with E-state index in [1.165, 1.54) is 6.07 Å². The van der Waals surface area contributed by atoms with Crippen molar-refractivity contribution in [2.75, 3.05) is 7.11 Å². The average Bonchev–Trinajstić information content (AvgIpc) is 2.15. The SMILES string of the molecule is COc1ccc(Br)c(C(C)(O)C(F)(F)F)c1F. The maximum absolute atomic E-state index is 13.7. The molecule has 1 N–H and O–H groups in total. The highest BCUT2D eigenvalue weighted by Crippen LogP contribution is 2.44. The number of halogens is 5. The largest absolute Gasteiger partial charge is 0.494 e. The molecule has 0 heterocycles. The number of hydrogen-bond acceptors (Lipinski definition) is 2. The van der Waals surface area contributed by atoms with Gasteiger partial charge in [-0.3, -0.25) is 0 Å². The maximum Gasteiger partial charge on any atom is 0.421 e. The van der Waals surface area contributed by atoms with Gasteiger partial charge in [0.05, 0.1) is 7.11 Å². The molecule has 0 fully saturated rings. The molecule has 2 nitrogen and oxygen atoms in total. The number of ether oxygens (including phenoxy) is 1. The predicted molar refractivity (Wildman–Crippen MR) is 56.3 cm³/mol. The molecule has 0 amide bonds. The summed E-state index contributed by atoms with van der Waals surface area (Å²) in [5.74, 6) is -1.61. The van der Waals surface area contributed by atoms with Crippen LogP contribution in [-0.2, 0) is 5.60 Å². The van der Waals surface area contributed by atoms with Crippen LogP contribution in [0.15, 0.2) is 16.6 Å². The Balaban J connectivity index is 3.50. The quantitative estimate of drug-likeness (QED) is 0.848. The van der Waals surface area contributed by atoms with Gasteiger partial charge in [0, 0.05) is 10.0 Å². The Labute approximate surface area is 103 Å². The summed E-state index contributed by atoms with van der Waals surface area (Å²) in [6.45, 7) is 0.482. The molecule has 1 aromatic carbocycles. The first kappa shape index (κ1) is 14.2. The zero-order valence-corrected chi connectivity index (χ0v) is 10.5. The topological polar surface area (TPSA) is 29.5 Å². The molecular formula is C10H9BrF4O2. The molecule has 96 valence electrons. The van der Waals surface area contributed by atoms with Crippen molar-refractivity contribution >= 4 is 15.9 Å². The number of alkyl halides is 3. The lowest BCUT2D eigenvalue weighted by Crippen LogP contribution is -2.40. The second kappa shape index (κ2) is 4.45. The Morgan fingerprint density at radius 3 is 2.24 bits per heavy atom. The number of benzene rings is 1. The van der Waals surface area contributed by atoms with Gasteiger partial charge in [-0.1, -0.05) is 15.9 Å². The van der Waals surface area contributed by atoms with E-state index in [2.05, 4.69) is 20.7 Å². The zero-order valence-electron chi connectivity index (χ0n) is 8.90. The summed E-state index contributed by atoms with van der Waals surface area (Å²) >= 11 is 2.78. The maximum atomic E-state index is 13.7. The number of hydrogen-bond donors (Lipinski definition) is 1. The molecule has 0 saturated carbocycles. The van der Waals surface area contributed by atoms with Crippen LogP contribution in [0, 0.1) is 5.82 Å². The van der Waals surface area contributed by atoms with Crippen molar-refractivity contribution in [3.8, 4) is 5.75 Å². The van der Waals surface area contributed by atoms with Gasteiger partial charge in [0.15, 0.2) is 17.2 Å². The summed E-state index contributed by atoms with van der Waals surface area (Å²) in [5, 5.41) is 9.45. The first-order valence-electron chi connectivity index (χ1n) is 4.44. The minimum Gasteiger partial charge on any atom is -0.494 e. The van der Waals surface area contributed by atoms with Gasteiger partial charge in [0.1, 0.15) is 0 Å². The van der Waals surface area contributed by atoms with Crippen molar-refractivity contribution in [3.05, 3.63) is 28.0 Å². The molecule has 0 saturated heterocycles. The van der Waals surface area contributed by atoms with Crippen molar-refractivity contribution in [1.82, 2.24) is 0 Å². The molecule has 0 bridgehead atoms. The van der Waals surface area contributed by atoms with Crippen LogP contribution in [0.5, 0.6) is 5.75 Å². The van der Waals surface area contributed by atoms with Gasteiger partial charge in [-0.15, -0.1) is 0 Å². The highest BCUT2D eigenvalue weighted by Gasteiger charge is 2.53. The Morgan fingerprint density at radius 2 is 1.82 bits per heavy atom. The van der Waals surface area contributed by atoms with Crippen LogP contribution in [0.25, 0.3) is 0 Å². The van der Waals surface area contributed by atoms with Crippen LogP contribution >= 0.6 is 15.9 Å². The van der Waals surface area contributed by atoms with Crippen molar-refractivity contribution in [3.63, 3.8) is 0 Å². The minimum absolute atomic E-state index is 0.182. The van der Waals surface area contributed by atoms with E-state index in [1.54, 1.807) is 0 Å². The normalized spacial score (nSPS) is 15.5. The molecule has 1 atom stereocenters. The lowest BCUT2D eigenvalue weighted by Gasteiger charge is -2.28. The monoisotopic (exact) mass is 316 g/mol. The highest BCUT2D eigenvalue weighted by molar-refractivity contribution is 9.10. The molecule has 0 aromatic heterocycles. The summed E-state index contributed by atoms with van der Waals surface area (Å²) in [7, 11) is 1.12. The zero-order chi connectivity index (χ0) is 13.4. The van der Waals surface area contributed by atoms with Gasteiger partial charge in [0.2, 0.25) is 0 Å². The van der Waals surface area contributed by atoms with Gasteiger partial charge >= 0.3 is 6.18 Å². The van der Waals surface area contributed by atoms with Crippen LogP contribution in [0.4, 0.5) is 17.6 Å². The molecule has 0 aliphatic heterocycles. The van der Waals surface area contributed by atoms with Gasteiger partial charge < -0.3 is 9.84 Å². The van der Waals surface area contributed by atoms with Gasteiger partial charge in [-0.25, -0.2) is 4.39 Å². The Bertz CT molecular complexity index is 429. The fourth-order valence-electron chi connectivity index (χ4n) is 1.28. The molecule has 0 radical (unpaired) electrons. The van der Waals surface area contributed by atoms with Crippen LogP contribution in [0.1, 0.15) is 12.5 Å². The fraction of sp³-hybridized carbons (Fsp3) is 0.400. The second-order valence-electron chi connectivity index (χ2n) is 3.51. The van der Waals surface area contributed by atoms with Gasteiger partial charge in [-0.2, -0.15) is 13.2 Å². The molecule has 7 heteroatoms. The molecule has 0 aliphatic rings. The van der Waals surface area contributed by atoms with Crippen molar-refractivity contribution in [1.29, 1.82) is 0 Å². The molecule has 1 rings (SSSR count). The Morgan fingerprint density at radius 1 is 1.29 bits per heavy atom. The lowest BCUT2D eigenvalue weighted by atomic mass is 9.94. The van der Waals surface area contributed by atoms with E-state index >= 15 is 0 Å². The van der Waals surface area contributed by atoms with Gasteiger partial charge in [-0.05, 0) is 19.1 Å². The average molecular weight is 317 g/mol. The first-order valence-corrected chi connectivity index (χ1v) is 5.23. The second-order valence-corrected chi connectivity index (χ2v) is 4.36. The predicted octanol–water partition coefficient (Wildman–Crippen LogP) is 3.37. The van der Waals surface area contributed by atoms with Crippen molar-refractivity contribution in [2.45, 2.75) is 18.7 Å². The van der Waals surface area contributed by atoms with E-state index in [1.807, 2.05) is 0 Å². The molecule has 17 heavy (non-hydrogen) atoms. The summed E-state index contributed by atoms with van der Waals surface area (Å²) in [6.07, 6.45) is -5.00. The molecule has 0 spiro atoms. The van der Waals surface area contributed by atoms with Crippen LogP contribution in [-0.4, -0.2) is 18.4 Å². The summed E-state index contributed by atoms with van der Waals surface area (Å²) in [6, 6.07) is 2.34. The summed E-state index contributed by atoms with van der Waals surface area (Å²) < 4.78 is 56.0. The minimum atomic E-state index is -5.00. The van der Waals surface area contributed by atoms with Crippen LogP contribution < -0.4 is 4.74 Å². The van der Waals surface area contributed by atoms with Crippen LogP contribution in [0.3, 0.4) is 0 Å². The van der Waals surface area contributed by atoms with E-state index in [9.17, 15) is 22.7 Å². The third-order valence-corrected chi connectivity index (χ3v) is 2.98. The Hall–Kier alpha value is -0.820. The summed E-state index contributed by atoms with van der Waals surface area (Å²) in [4.78, 5) is 0. The van der Waals surface area contributed by atoms with E-state index in [0.29, 0.717) is 6.92 Å². The molecule has 1 aromatic rings. The highest BCUT2D eigenvalue weighted by atomic mass is 79.9. The van der Waals surface area contributed by atoms with Crippen molar-refractivity contribution in [2.24, 2.45) is 0 Å². The van der Waals surface area contributed by atoms with Crippen molar-refractivity contribution < 1.29 is 27.4 Å². The fourth-order valence-corrected chi connectivity index (χ4v) is 1.97. The molecule has 0 aliphatic carbocycles. The number of methoxy groups -OCH3 is 1. The Kier molecular flexibility index (Phi) is 3.73. The van der Waals surface area contributed by atoms with Crippen LogP contribution in [0.2, 0.25) is 0 Å². The summed E-state index contributed by atoms with van der Waals surface area (Å²) in [5.41, 5.74) is -4.20. The molecular weight excluding hydrogens is 308 g/mol. The van der Waals surface area contributed by atoms with E-state index in [0.717, 1.165) is 13.2 Å². The van der Waals surface area contributed by atoms with Gasteiger partial charge in [0.25, 0.3) is 0 Å². The standard InChI is InChI=1S/C10H9BrF4O2/c1-9(16,10(13,14)15)7-5(11)3-4-6(17-2)8(7)12/h3-4,16H,1-2H3.